The predicted octanol–water partition coefficient (Wildman–Crippen LogP) is 3.57. The highest BCUT2D eigenvalue weighted by molar-refractivity contribution is 9.10. The average molecular weight is 392 g/mol. The lowest BCUT2D eigenvalue weighted by Gasteiger charge is -2.14. The number of amides is 1. The Morgan fingerprint density at radius 3 is 2.62 bits per heavy atom. The number of benzene rings is 2. The lowest BCUT2D eigenvalue weighted by atomic mass is 10.1. The highest BCUT2D eigenvalue weighted by Crippen LogP contribution is 2.19. The maximum atomic E-state index is 12.1. The average Bonchev–Trinajstić information content (AvgIpc) is 2.55. The zero-order chi connectivity index (χ0) is 17.5. The quantitative estimate of drug-likeness (QED) is 0.764. The molecule has 0 heterocycles. The minimum absolute atomic E-state index is 0.0402. The van der Waals surface area contributed by atoms with E-state index in [2.05, 4.69) is 21.2 Å². The Balaban J connectivity index is 1.92. The number of hydrogen-bond acceptors (Lipinski definition) is 4. The molecule has 2 aromatic carbocycles. The van der Waals surface area contributed by atoms with Gasteiger partial charge < -0.3 is 14.8 Å². The van der Waals surface area contributed by atoms with Gasteiger partial charge in [0.25, 0.3) is 5.91 Å². The minimum Gasteiger partial charge on any atom is -0.496 e. The van der Waals surface area contributed by atoms with Crippen molar-refractivity contribution in [2.75, 3.05) is 12.4 Å². The lowest BCUT2D eigenvalue weighted by Crippen LogP contribution is -2.30. The first kappa shape index (κ1) is 18.0. The molecule has 1 N–H and O–H groups in total. The van der Waals surface area contributed by atoms with Crippen LogP contribution in [0.2, 0.25) is 0 Å². The number of anilines is 1. The van der Waals surface area contributed by atoms with E-state index in [-0.39, 0.29) is 12.3 Å². The van der Waals surface area contributed by atoms with E-state index >= 15 is 0 Å². The van der Waals surface area contributed by atoms with Gasteiger partial charge in [-0.15, -0.1) is 0 Å². The Bertz CT molecular complexity index is 732. The highest BCUT2D eigenvalue weighted by Gasteiger charge is 2.19. The molecule has 0 spiro atoms. The van der Waals surface area contributed by atoms with Crippen molar-refractivity contribution in [1.29, 1.82) is 0 Å². The van der Waals surface area contributed by atoms with Gasteiger partial charge in [-0.3, -0.25) is 9.59 Å². The summed E-state index contributed by atoms with van der Waals surface area (Å²) in [7, 11) is 1.54. The molecule has 0 fully saturated rings. The van der Waals surface area contributed by atoms with Gasteiger partial charge in [0.2, 0.25) is 0 Å². The molecular formula is C18H18BrNO4. The number of rotatable bonds is 6. The maximum Gasteiger partial charge on any atom is 0.311 e. The zero-order valence-corrected chi connectivity index (χ0v) is 15.0. The van der Waals surface area contributed by atoms with Crippen LogP contribution in [-0.4, -0.2) is 25.1 Å². The first-order valence-electron chi connectivity index (χ1n) is 7.37. The molecular weight excluding hydrogens is 374 g/mol. The third-order valence-corrected chi connectivity index (χ3v) is 3.79. The van der Waals surface area contributed by atoms with Gasteiger partial charge in [0.15, 0.2) is 6.10 Å². The number of methoxy groups -OCH3 is 1. The first-order valence-corrected chi connectivity index (χ1v) is 8.16. The van der Waals surface area contributed by atoms with Crippen molar-refractivity contribution in [3.63, 3.8) is 0 Å². The fourth-order valence-corrected chi connectivity index (χ4v) is 2.51. The number of nitrogens with one attached hydrogen (secondary N) is 1. The fourth-order valence-electron chi connectivity index (χ4n) is 2.11. The topological polar surface area (TPSA) is 64.6 Å². The third-order valence-electron chi connectivity index (χ3n) is 3.30. The van der Waals surface area contributed by atoms with Crippen molar-refractivity contribution in [2.24, 2.45) is 0 Å². The van der Waals surface area contributed by atoms with E-state index in [1.54, 1.807) is 30.3 Å². The summed E-state index contributed by atoms with van der Waals surface area (Å²) in [5.41, 5.74) is 1.34. The smallest absolute Gasteiger partial charge is 0.311 e. The molecule has 2 aromatic rings. The Morgan fingerprint density at radius 1 is 1.17 bits per heavy atom. The van der Waals surface area contributed by atoms with Gasteiger partial charge in [-0.1, -0.05) is 40.2 Å². The molecule has 0 aliphatic rings. The molecule has 6 heteroatoms. The molecule has 1 atom stereocenters. The van der Waals surface area contributed by atoms with Crippen molar-refractivity contribution in [1.82, 2.24) is 0 Å². The normalized spacial score (nSPS) is 11.5. The molecule has 2 rings (SSSR count). The van der Waals surface area contributed by atoms with Crippen LogP contribution in [-0.2, 0) is 20.7 Å². The van der Waals surface area contributed by atoms with Gasteiger partial charge in [-0.05, 0) is 31.2 Å². The van der Waals surface area contributed by atoms with Crippen LogP contribution in [0.1, 0.15) is 12.5 Å². The molecule has 0 saturated heterocycles. The maximum absolute atomic E-state index is 12.1. The molecule has 5 nitrogen and oxygen atoms in total. The third kappa shape index (κ3) is 5.09. The Labute approximate surface area is 149 Å². The van der Waals surface area contributed by atoms with Crippen LogP contribution >= 0.6 is 15.9 Å². The van der Waals surface area contributed by atoms with Crippen molar-refractivity contribution >= 4 is 33.5 Å². The van der Waals surface area contributed by atoms with Crippen LogP contribution in [0.4, 0.5) is 5.69 Å². The summed E-state index contributed by atoms with van der Waals surface area (Å²) in [5, 5.41) is 2.70. The minimum atomic E-state index is -0.897. The van der Waals surface area contributed by atoms with Gasteiger partial charge in [0, 0.05) is 15.7 Å². The number of hydrogen-bond donors (Lipinski definition) is 1. The molecule has 0 saturated carbocycles. The van der Waals surface area contributed by atoms with Crippen LogP contribution < -0.4 is 10.1 Å². The van der Waals surface area contributed by atoms with Crippen molar-refractivity contribution < 1.29 is 19.1 Å². The second kappa shape index (κ2) is 8.49. The summed E-state index contributed by atoms with van der Waals surface area (Å²) in [4.78, 5) is 24.1. The van der Waals surface area contributed by atoms with Crippen LogP contribution in [0.5, 0.6) is 5.75 Å². The van der Waals surface area contributed by atoms with Gasteiger partial charge in [0.1, 0.15) is 5.75 Å². The van der Waals surface area contributed by atoms with E-state index < -0.39 is 12.1 Å². The number of ether oxygens (including phenoxy) is 2. The number of halogens is 1. The van der Waals surface area contributed by atoms with E-state index in [1.165, 1.54) is 14.0 Å². The van der Waals surface area contributed by atoms with E-state index in [0.29, 0.717) is 17.0 Å². The second-order valence-corrected chi connectivity index (χ2v) is 6.04. The standard InChI is InChI=1S/C18H18BrNO4/c1-12(18(22)20-15-8-5-7-14(19)11-15)24-17(21)10-13-6-3-4-9-16(13)23-2/h3-9,11-12H,10H2,1-2H3,(H,20,22)/t12-/m0/s1. The summed E-state index contributed by atoms with van der Waals surface area (Å²) in [6.45, 7) is 1.54. The Hall–Kier alpha value is -2.34. The van der Waals surface area contributed by atoms with Gasteiger partial charge in [-0.2, -0.15) is 0 Å². The first-order chi connectivity index (χ1) is 11.5. The van der Waals surface area contributed by atoms with Gasteiger partial charge in [-0.25, -0.2) is 0 Å². The molecule has 0 bridgehead atoms. The highest BCUT2D eigenvalue weighted by atomic mass is 79.9. The SMILES string of the molecule is COc1ccccc1CC(=O)O[C@@H](C)C(=O)Nc1cccc(Br)c1. The summed E-state index contributed by atoms with van der Waals surface area (Å²) in [6, 6.07) is 14.4. The monoisotopic (exact) mass is 391 g/mol. The molecule has 0 aliphatic carbocycles. The van der Waals surface area contributed by atoms with E-state index in [1.807, 2.05) is 18.2 Å². The summed E-state index contributed by atoms with van der Waals surface area (Å²) in [5.74, 6) is -0.265. The molecule has 0 aliphatic heterocycles. The molecule has 0 aromatic heterocycles. The van der Waals surface area contributed by atoms with Crippen molar-refractivity contribution in [3.05, 3.63) is 58.6 Å². The lowest BCUT2D eigenvalue weighted by molar-refractivity contribution is -0.152. The van der Waals surface area contributed by atoms with Crippen molar-refractivity contribution in [3.8, 4) is 5.75 Å². The summed E-state index contributed by atoms with van der Waals surface area (Å²) >= 11 is 3.33. The zero-order valence-electron chi connectivity index (χ0n) is 13.4. The van der Waals surface area contributed by atoms with Gasteiger partial charge in [0.05, 0.1) is 13.5 Å². The van der Waals surface area contributed by atoms with Crippen LogP contribution in [0.15, 0.2) is 53.0 Å². The molecule has 0 radical (unpaired) electrons. The van der Waals surface area contributed by atoms with E-state index in [9.17, 15) is 9.59 Å². The van der Waals surface area contributed by atoms with Crippen LogP contribution in [0, 0.1) is 0 Å². The molecule has 24 heavy (non-hydrogen) atoms. The summed E-state index contributed by atoms with van der Waals surface area (Å²) in [6.07, 6.45) is -0.857. The van der Waals surface area contributed by atoms with Crippen molar-refractivity contribution in [2.45, 2.75) is 19.4 Å². The van der Waals surface area contributed by atoms with E-state index in [0.717, 1.165) is 4.47 Å². The number of esters is 1. The van der Waals surface area contributed by atoms with Crippen LogP contribution in [0.3, 0.4) is 0 Å². The predicted molar refractivity (Wildman–Crippen MR) is 95.0 cm³/mol. The molecule has 0 unspecified atom stereocenters. The number of carbonyl (C=O) groups is 2. The van der Waals surface area contributed by atoms with E-state index in [4.69, 9.17) is 9.47 Å². The Morgan fingerprint density at radius 2 is 1.92 bits per heavy atom. The number of carbonyl (C=O) groups excluding carboxylic acids is 2. The van der Waals surface area contributed by atoms with Crippen LogP contribution in [0.25, 0.3) is 0 Å². The van der Waals surface area contributed by atoms with Gasteiger partial charge >= 0.3 is 5.97 Å². The molecule has 1 amide bonds. The summed E-state index contributed by atoms with van der Waals surface area (Å²) < 4.78 is 11.2. The number of para-hydroxylation sites is 1. The Kier molecular flexibility index (Phi) is 6.37. The largest absolute Gasteiger partial charge is 0.496 e. The second-order valence-electron chi connectivity index (χ2n) is 5.12. The molecule has 126 valence electrons. The fraction of sp³-hybridized carbons (Fsp3) is 0.222.